The second-order valence-corrected chi connectivity index (χ2v) is 6.62. The summed E-state index contributed by atoms with van der Waals surface area (Å²) in [6.07, 6.45) is 1.71. The predicted octanol–water partition coefficient (Wildman–Crippen LogP) is 3.34. The fourth-order valence-corrected chi connectivity index (χ4v) is 3.03. The summed E-state index contributed by atoms with van der Waals surface area (Å²) < 4.78 is 27.8. The summed E-state index contributed by atoms with van der Waals surface area (Å²) in [5.41, 5.74) is 7.92. The number of rotatable bonds is 4. The molecule has 0 spiro atoms. The van der Waals surface area contributed by atoms with Gasteiger partial charge in [-0.05, 0) is 43.0 Å². The van der Waals surface area contributed by atoms with Crippen molar-refractivity contribution in [3.8, 4) is 6.07 Å². The molecule has 2 aliphatic rings. The van der Waals surface area contributed by atoms with E-state index in [0.717, 1.165) is 25.0 Å². The number of benzene rings is 2. The van der Waals surface area contributed by atoms with Gasteiger partial charge in [-0.25, -0.2) is 13.8 Å². The Morgan fingerprint density at radius 2 is 1.82 bits per heavy atom. The number of halogens is 2. The van der Waals surface area contributed by atoms with Crippen LogP contribution in [0.15, 0.2) is 58.1 Å². The van der Waals surface area contributed by atoms with E-state index < -0.39 is 17.5 Å². The summed E-state index contributed by atoms with van der Waals surface area (Å²) in [4.78, 5) is 20.7. The zero-order valence-electron chi connectivity index (χ0n) is 14.6. The molecule has 2 aromatic carbocycles. The SMILES string of the molecule is N#Cc1ccc(C2=NC(C(=C(N)C3CC3)c3ccc(F)cc3F)=NC2=O)cc1. The minimum Gasteiger partial charge on any atom is -0.401 e. The highest BCUT2D eigenvalue weighted by molar-refractivity contribution is 6.54. The standard InChI is InChI=1S/C21H14F2N4O/c22-14-7-8-15(16(23)9-14)17(18(25)12-5-6-12)20-26-19(21(28)27-20)13-3-1-11(10-24)2-4-13/h1-4,7-9,12H,5-6,25H2. The Hall–Kier alpha value is -3.66. The minimum absolute atomic E-state index is 0.0132. The lowest BCUT2D eigenvalue weighted by Gasteiger charge is -2.11. The number of allylic oxidation sites excluding steroid dienone is 1. The van der Waals surface area contributed by atoms with Crippen LogP contribution in [-0.2, 0) is 4.79 Å². The molecule has 4 rings (SSSR count). The van der Waals surface area contributed by atoms with Crippen LogP contribution in [-0.4, -0.2) is 17.5 Å². The van der Waals surface area contributed by atoms with Crippen molar-refractivity contribution in [2.75, 3.05) is 0 Å². The van der Waals surface area contributed by atoms with Crippen molar-refractivity contribution < 1.29 is 13.6 Å². The zero-order valence-corrected chi connectivity index (χ0v) is 14.6. The Morgan fingerprint density at radius 1 is 1.11 bits per heavy atom. The fourth-order valence-electron chi connectivity index (χ4n) is 3.03. The van der Waals surface area contributed by atoms with E-state index in [9.17, 15) is 13.6 Å². The van der Waals surface area contributed by atoms with Gasteiger partial charge in [0.2, 0.25) is 0 Å². The molecule has 1 fully saturated rings. The summed E-state index contributed by atoms with van der Waals surface area (Å²) in [5.74, 6) is -2.01. The third-order valence-electron chi connectivity index (χ3n) is 4.65. The molecular weight excluding hydrogens is 362 g/mol. The number of carbonyl (C=O) groups is 1. The number of carbonyl (C=O) groups excluding carboxylic acids is 1. The number of hydrogen-bond acceptors (Lipinski definition) is 4. The molecular formula is C21H14F2N4O. The highest BCUT2D eigenvalue weighted by atomic mass is 19.1. The monoisotopic (exact) mass is 376 g/mol. The van der Waals surface area contributed by atoms with Gasteiger partial charge in [-0.3, -0.25) is 4.79 Å². The first kappa shape index (κ1) is 17.7. The first-order valence-corrected chi connectivity index (χ1v) is 8.65. The van der Waals surface area contributed by atoms with Crippen LogP contribution in [0.1, 0.15) is 29.5 Å². The first-order chi connectivity index (χ1) is 13.5. The van der Waals surface area contributed by atoms with Gasteiger partial charge in [0.05, 0.1) is 11.6 Å². The lowest BCUT2D eigenvalue weighted by atomic mass is 10.00. The average Bonchev–Trinajstić information content (AvgIpc) is 3.47. The van der Waals surface area contributed by atoms with Crippen LogP contribution in [0.5, 0.6) is 0 Å². The van der Waals surface area contributed by atoms with Gasteiger partial charge in [0.1, 0.15) is 17.3 Å². The maximum absolute atomic E-state index is 14.5. The number of hydrogen-bond donors (Lipinski definition) is 1. The Kier molecular flexibility index (Phi) is 4.32. The lowest BCUT2D eigenvalue weighted by molar-refractivity contribution is -0.111. The van der Waals surface area contributed by atoms with Crippen LogP contribution in [0.3, 0.4) is 0 Å². The predicted molar refractivity (Wildman–Crippen MR) is 100 cm³/mol. The van der Waals surface area contributed by atoms with Crippen molar-refractivity contribution in [1.82, 2.24) is 0 Å². The van der Waals surface area contributed by atoms with Crippen molar-refractivity contribution in [3.05, 3.63) is 76.5 Å². The normalized spacial score (nSPS) is 17.0. The van der Waals surface area contributed by atoms with Gasteiger partial charge in [-0.15, -0.1) is 0 Å². The summed E-state index contributed by atoms with van der Waals surface area (Å²) in [6.45, 7) is 0. The van der Waals surface area contributed by atoms with E-state index in [4.69, 9.17) is 11.0 Å². The number of aliphatic imine (C=N–C) groups is 2. The molecule has 2 N–H and O–H groups in total. The van der Waals surface area contributed by atoms with Crippen LogP contribution < -0.4 is 5.73 Å². The zero-order chi connectivity index (χ0) is 19.8. The summed E-state index contributed by atoms with van der Waals surface area (Å²) >= 11 is 0. The molecule has 0 bridgehead atoms. The Balaban J connectivity index is 1.80. The van der Waals surface area contributed by atoms with Crippen LogP contribution in [0.25, 0.3) is 5.57 Å². The molecule has 7 heteroatoms. The number of nitrogens with two attached hydrogens (primary N) is 1. The number of amides is 1. The minimum atomic E-state index is -0.796. The molecule has 5 nitrogen and oxygen atoms in total. The lowest BCUT2D eigenvalue weighted by Crippen LogP contribution is -2.11. The maximum atomic E-state index is 14.5. The fraction of sp³-hybridized carbons (Fsp3) is 0.143. The van der Waals surface area contributed by atoms with E-state index in [0.29, 0.717) is 16.8 Å². The molecule has 1 saturated carbocycles. The number of nitrogens with zero attached hydrogens (tertiary/aromatic N) is 3. The van der Waals surface area contributed by atoms with Gasteiger partial charge >= 0.3 is 0 Å². The summed E-state index contributed by atoms with van der Waals surface area (Å²) in [5, 5.41) is 8.90. The third kappa shape index (κ3) is 3.21. The smallest absolute Gasteiger partial charge is 0.298 e. The van der Waals surface area contributed by atoms with E-state index in [1.807, 2.05) is 6.07 Å². The van der Waals surface area contributed by atoms with E-state index in [-0.39, 0.29) is 28.6 Å². The van der Waals surface area contributed by atoms with E-state index in [2.05, 4.69) is 9.98 Å². The highest BCUT2D eigenvalue weighted by Crippen LogP contribution is 2.39. The molecule has 1 aliphatic carbocycles. The molecule has 138 valence electrons. The van der Waals surface area contributed by atoms with Crippen molar-refractivity contribution in [3.63, 3.8) is 0 Å². The quantitative estimate of drug-likeness (QED) is 0.887. The first-order valence-electron chi connectivity index (χ1n) is 8.65. The molecule has 28 heavy (non-hydrogen) atoms. The van der Waals surface area contributed by atoms with Gasteiger partial charge < -0.3 is 5.73 Å². The molecule has 2 aromatic rings. The van der Waals surface area contributed by atoms with Crippen LogP contribution in [0, 0.1) is 28.9 Å². The Morgan fingerprint density at radius 3 is 2.43 bits per heavy atom. The average molecular weight is 376 g/mol. The van der Waals surface area contributed by atoms with E-state index in [1.165, 1.54) is 6.07 Å². The van der Waals surface area contributed by atoms with E-state index >= 15 is 0 Å². The van der Waals surface area contributed by atoms with Crippen molar-refractivity contribution in [2.45, 2.75) is 12.8 Å². The summed E-state index contributed by atoms with van der Waals surface area (Å²) in [6, 6.07) is 11.5. The van der Waals surface area contributed by atoms with Crippen LogP contribution in [0.2, 0.25) is 0 Å². The van der Waals surface area contributed by atoms with Gasteiger partial charge in [0.25, 0.3) is 5.91 Å². The molecule has 0 saturated heterocycles. The van der Waals surface area contributed by atoms with Crippen LogP contribution >= 0.6 is 0 Å². The molecule has 1 aliphatic heterocycles. The molecule has 1 heterocycles. The largest absolute Gasteiger partial charge is 0.401 e. The Labute approximate surface area is 159 Å². The molecule has 0 radical (unpaired) electrons. The number of amidine groups is 1. The second kappa shape index (κ2) is 6.82. The van der Waals surface area contributed by atoms with Crippen molar-refractivity contribution in [2.24, 2.45) is 21.6 Å². The van der Waals surface area contributed by atoms with E-state index in [1.54, 1.807) is 24.3 Å². The molecule has 1 amide bonds. The summed E-state index contributed by atoms with van der Waals surface area (Å²) in [7, 11) is 0. The highest BCUT2D eigenvalue weighted by Gasteiger charge is 2.32. The molecule has 0 atom stereocenters. The van der Waals surface area contributed by atoms with Gasteiger partial charge in [-0.2, -0.15) is 10.3 Å². The van der Waals surface area contributed by atoms with Gasteiger partial charge in [0.15, 0.2) is 5.84 Å². The van der Waals surface area contributed by atoms with Crippen molar-refractivity contribution >= 4 is 23.0 Å². The Bertz CT molecular complexity index is 1120. The second-order valence-electron chi connectivity index (χ2n) is 6.62. The number of nitriles is 1. The maximum Gasteiger partial charge on any atom is 0.298 e. The van der Waals surface area contributed by atoms with Crippen LogP contribution in [0.4, 0.5) is 8.78 Å². The van der Waals surface area contributed by atoms with Gasteiger partial charge in [-0.1, -0.05) is 12.1 Å². The topological polar surface area (TPSA) is 91.6 Å². The molecule has 0 aromatic heterocycles. The third-order valence-corrected chi connectivity index (χ3v) is 4.65. The van der Waals surface area contributed by atoms with Gasteiger partial charge in [0, 0.05) is 28.5 Å². The van der Waals surface area contributed by atoms with Crippen molar-refractivity contribution in [1.29, 1.82) is 5.26 Å². The molecule has 0 unspecified atom stereocenters.